The lowest BCUT2D eigenvalue weighted by Crippen LogP contribution is -2.49. The highest BCUT2D eigenvalue weighted by Crippen LogP contribution is 2.24. The molecule has 34 heavy (non-hydrogen) atoms. The van der Waals surface area contributed by atoms with Gasteiger partial charge in [0.1, 0.15) is 24.3 Å². The van der Waals surface area contributed by atoms with Gasteiger partial charge in [0.15, 0.2) is 0 Å². The van der Waals surface area contributed by atoms with Crippen LogP contribution in [-0.2, 0) is 6.42 Å². The Kier molecular flexibility index (Phi) is 7.70. The van der Waals surface area contributed by atoms with Gasteiger partial charge in [-0.3, -0.25) is 4.90 Å². The zero-order valence-electron chi connectivity index (χ0n) is 20.0. The predicted molar refractivity (Wildman–Crippen MR) is 136 cm³/mol. The van der Waals surface area contributed by atoms with E-state index in [2.05, 4.69) is 34.1 Å². The van der Waals surface area contributed by atoms with Crippen LogP contribution in [0.2, 0.25) is 0 Å². The maximum atomic E-state index is 13.1. The van der Waals surface area contributed by atoms with Crippen molar-refractivity contribution in [3.63, 3.8) is 0 Å². The van der Waals surface area contributed by atoms with Crippen LogP contribution in [-0.4, -0.2) is 55.4 Å². The molecule has 0 spiro atoms. The van der Waals surface area contributed by atoms with Gasteiger partial charge in [-0.1, -0.05) is 24.3 Å². The third-order valence-electron chi connectivity index (χ3n) is 6.46. The molecule has 0 radical (unpaired) electrons. The fourth-order valence-electron chi connectivity index (χ4n) is 4.36. The maximum absolute atomic E-state index is 13.1. The minimum atomic E-state index is -0.547. The first-order valence-corrected chi connectivity index (χ1v) is 11.9. The molecule has 0 unspecified atom stereocenters. The Labute approximate surface area is 201 Å². The number of rotatable bonds is 8. The molecule has 0 saturated carbocycles. The molecule has 1 atom stereocenters. The standard InChI is InChI=1S/C28H34FN3O2/c1-20-16-28(21(2)15-27(20)30)34-19-26(33)18-31-11-13-32(14-12-31)25-9-5-23(6-10-25)17-22-3-7-24(29)8-4-22/h3-10,15-16,26,33H,11-14,17-19,30H2,1-2H3/t26-/m0/s1. The number of nitrogens with zero attached hydrogens (tertiary/aromatic N) is 2. The summed E-state index contributed by atoms with van der Waals surface area (Å²) in [4.78, 5) is 4.66. The maximum Gasteiger partial charge on any atom is 0.123 e. The lowest BCUT2D eigenvalue weighted by atomic mass is 10.0. The number of halogens is 1. The molecule has 1 heterocycles. The molecule has 6 heteroatoms. The van der Waals surface area contributed by atoms with Gasteiger partial charge < -0.3 is 20.5 Å². The molecular formula is C28H34FN3O2. The molecule has 1 aliphatic heterocycles. The molecule has 1 fully saturated rings. The van der Waals surface area contributed by atoms with E-state index < -0.39 is 6.10 Å². The average molecular weight is 464 g/mol. The number of aliphatic hydroxyl groups excluding tert-OH is 1. The van der Waals surface area contributed by atoms with Crippen molar-refractivity contribution >= 4 is 11.4 Å². The number of β-amino-alcohol motifs (C(OH)–C–C–N with tert-alkyl or cyclic N) is 1. The molecule has 0 bridgehead atoms. The second-order valence-electron chi connectivity index (χ2n) is 9.20. The number of ether oxygens (including phenoxy) is 1. The number of nitrogen functional groups attached to an aromatic ring is 1. The Bertz CT molecular complexity index is 1080. The van der Waals surface area contributed by atoms with Gasteiger partial charge in [-0.05, 0) is 78.9 Å². The summed E-state index contributed by atoms with van der Waals surface area (Å²) in [6.07, 6.45) is 0.249. The number of benzene rings is 3. The number of anilines is 2. The van der Waals surface area contributed by atoms with E-state index in [1.54, 1.807) is 0 Å². The highest BCUT2D eigenvalue weighted by atomic mass is 19.1. The van der Waals surface area contributed by atoms with E-state index in [0.29, 0.717) is 6.54 Å². The van der Waals surface area contributed by atoms with Crippen LogP contribution in [0, 0.1) is 19.7 Å². The fourth-order valence-corrected chi connectivity index (χ4v) is 4.36. The normalized spacial score (nSPS) is 15.4. The first kappa shape index (κ1) is 24.0. The summed E-state index contributed by atoms with van der Waals surface area (Å²) in [5, 5.41) is 10.5. The van der Waals surface area contributed by atoms with Gasteiger partial charge in [0, 0.05) is 44.1 Å². The van der Waals surface area contributed by atoms with E-state index in [1.165, 1.54) is 23.4 Å². The minimum Gasteiger partial charge on any atom is -0.491 e. The fraction of sp³-hybridized carbons (Fsp3) is 0.357. The molecule has 3 aromatic carbocycles. The first-order chi connectivity index (χ1) is 16.4. The lowest BCUT2D eigenvalue weighted by molar-refractivity contribution is 0.0661. The highest BCUT2D eigenvalue weighted by Gasteiger charge is 2.20. The summed E-state index contributed by atoms with van der Waals surface area (Å²) < 4.78 is 19.0. The third kappa shape index (κ3) is 6.27. The summed E-state index contributed by atoms with van der Waals surface area (Å²) in [6.45, 7) is 8.41. The lowest BCUT2D eigenvalue weighted by Gasteiger charge is -2.37. The Morgan fingerprint density at radius 1 is 0.912 bits per heavy atom. The molecular weight excluding hydrogens is 429 g/mol. The van der Waals surface area contributed by atoms with Gasteiger partial charge >= 0.3 is 0 Å². The second-order valence-corrected chi connectivity index (χ2v) is 9.20. The predicted octanol–water partition coefficient (Wildman–Crippen LogP) is 4.18. The number of piperazine rings is 1. The van der Waals surface area contributed by atoms with Crippen LogP contribution in [0.3, 0.4) is 0 Å². The molecule has 3 aromatic rings. The van der Waals surface area contributed by atoms with Crippen molar-refractivity contribution in [3.05, 3.63) is 88.7 Å². The SMILES string of the molecule is Cc1cc(OC[C@@H](O)CN2CCN(c3ccc(Cc4ccc(F)cc4)cc3)CC2)c(C)cc1N. The monoisotopic (exact) mass is 463 g/mol. The van der Waals surface area contributed by atoms with Gasteiger partial charge in [-0.25, -0.2) is 4.39 Å². The van der Waals surface area contributed by atoms with Crippen molar-refractivity contribution in [2.75, 3.05) is 50.0 Å². The number of hydrogen-bond donors (Lipinski definition) is 2. The van der Waals surface area contributed by atoms with Crippen molar-refractivity contribution in [2.24, 2.45) is 0 Å². The molecule has 0 aliphatic carbocycles. The van der Waals surface area contributed by atoms with E-state index in [4.69, 9.17) is 10.5 Å². The van der Waals surface area contributed by atoms with Gasteiger partial charge in [0.25, 0.3) is 0 Å². The number of hydrogen-bond acceptors (Lipinski definition) is 5. The van der Waals surface area contributed by atoms with Gasteiger partial charge in [-0.15, -0.1) is 0 Å². The number of nitrogens with two attached hydrogens (primary N) is 1. The molecule has 180 valence electrons. The summed E-state index contributed by atoms with van der Waals surface area (Å²) in [7, 11) is 0. The van der Waals surface area contributed by atoms with E-state index in [0.717, 1.165) is 60.7 Å². The molecule has 5 nitrogen and oxygen atoms in total. The van der Waals surface area contributed by atoms with Crippen LogP contribution in [0.4, 0.5) is 15.8 Å². The molecule has 1 saturated heterocycles. The molecule has 1 aliphatic rings. The van der Waals surface area contributed by atoms with E-state index in [-0.39, 0.29) is 12.4 Å². The third-order valence-corrected chi connectivity index (χ3v) is 6.46. The first-order valence-electron chi connectivity index (χ1n) is 11.9. The van der Waals surface area contributed by atoms with Crippen molar-refractivity contribution in [1.29, 1.82) is 0 Å². The van der Waals surface area contributed by atoms with Gasteiger partial charge in [0.05, 0.1) is 0 Å². The molecule has 4 rings (SSSR count). The summed E-state index contributed by atoms with van der Waals surface area (Å²) >= 11 is 0. The second kappa shape index (κ2) is 10.9. The topological polar surface area (TPSA) is 62.0 Å². The van der Waals surface area contributed by atoms with Crippen molar-refractivity contribution in [1.82, 2.24) is 4.90 Å². The summed E-state index contributed by atoms with van der Waals surface area (Å²) in [6, 6.07) is 19.1. The smallest absolute Gasteiger partial charge is 0.123 e. The van der Waals surface area contributed by atoms with Crippen molar-refractivity contribution in [3.8, 4) is 5.75 Å². The van der Waals surface area contributed by atoms with Crippen LogP contribution in [0.5, 0.6) is 5.75 Å². The molecule has 3 N–H and O–H groups in total. The van der Waals surface area contributed by atoms with Crippen LogP contribution < -0.4 is 15.4 Å². The van der Waals surface area contributed by atoms with Crippen LogP contribution >= 0.6 is 0 Å². The number of aryl methyl sites for hydroxylation is 2. The Morgan fingerprint density at radius 2 is 1.53 bits per heavy atom. The van der Waals surface area contributed by atoms with Crippen molar-refractivity contribution < 1.29 is 14.2 Å². The summed E-state index contributed by atoms with van der Waals surface area (Å²) in [5.74, 6) is 0.573. The Balaban J connectivity index is 1.22. The zero-order chi connectivity index (χ0) is 24.1. The minimum absolute atomic E-state index is 0.203. The quantitative estimate of drug-likeness (QED) is 0.491. The van der Waals surface area contributed by atoms with E-state index >= 15 is 0 Å². The Hall–Kier alpha value is -3.09. The Morgan fingerprint density at radius 3 is 2.18 bits per heavy atom. The highest BCUT2D eigenvalue weighted by molar-refractivity contribution is 5.53. The summed E-state index contributed by atoms with van der Waals surface area (Å²) in [5.41, 5.74) is 12.2. The van der Waals surface area contributed by atoms with Crippen molar-refractivity contribution in [2.45, 2.75) is 26.4 Å². The number of aliphatic hydroxyl groups is 1. The zero-order valence-corrected chi connectivity index (χ0v) is 20.0. The molecule has 0 aromatic heterocycles. The van der Waals surface area contributed by atoms with E-state index in [9.17, 15) is 9.50 Å². The van der Waals surface area contributed by atoms with E-state index in [1.807, 2.05) is 38.1 Å². The molecule has 0 amide bonds. The van der Waals surface area contributed by atoms with Gasteiger partial charge in [-0.2, -0.15) is 0 Å². The van der Waals surface area contributed by atoms with Crippen LogP contribution in [0.25, 0.3) is 0 Å². The van der Waals surface area contributed by atoms with Gasteiger partial charge in [0.2, 0.25) is 0 Å². The van der Waals surface area contributed by atoms with Crippen LogP contribution in [0.15, 0.2) is 60.7 Å². The largest absolute Gasteiger partial charge is 0.491 e. The average Bonchev–Trinajstić information content (AvgIpc) is 2.83. The van der Waals surface area contributed by atoms with Crippen LogP contribution in [0.1, 0.15) is 22.3 Å².